The predicted molar refractivity (Wildman–Crippen MR) is 196 cm³/mol. The van der Waals surface area contributed by atoms with E-state index in [1.807, 2.05) is 0 Å². The third kappa shape index (κ3) is 7.42. The van der Waals surface area contributed by atoms with E-state index in [9.17, 15) is 4.79 Å². The second-order valence-corrected chi connectivity index (χ2v) is 14.5. The molecule has 256 valence electrons. The fourth-order valence-electron chi connectivity index (χ4n) is 8.84. The average molecular weight is 657 g/mol. The van der Waals surface area contributed by atoms with Gasteiger partial charge in [-0.3, -0.25) is 4.79 Å². The number of ketones is 1. The minimum absolute atomic E-state index is 0.0813. The van der Waals surface area contributed by atoms with Gasteiger partial charge < -0.3 is 14.2 Å². The van der Waals surface area contributed by atoms with Crippen molar-refractivity contribution in [2.24, 2.45) is 17.8 Å². The van der Waals surface area contributed by atoms with Crippen molar-refractivity contribution in [1.82, 2.24) is 0 Å². The van der Waals surface area contributed by atoms with Crippen LogP contribution >= 0.6 is 0 Å². The molecule has 1 saturated carbocycles. The fraction of sp³-hybridized carbons (Fsp3) is 0.444. The number of ether oxygens (including phenoxy) is 3. The standard InChI is InChI=1S/C45H52O4/c1-2-3-7-24-38(48-44-26-14-15-29-47-44)27-28-39-40-30-33-17-16-25-43(41(33)31-34(40)32-42(39)46)49-45(35-18-8-4-9-19-35,36-20-10-5-11-21-36)37-22-12-6-13-23-37/h4-6,8-13,16-23,25,34,38-40,44H,2-3,7,14-15,24,26-32H2,1H3/t34-,38-,39?,40-,44?/m0/s1. The molecule has 0 N–H and O–H groups in total. The van der Waals surface area contributed by atoms with Crippen LogP contribution in [0.25, 0.3) is 0 Å². The summed E-state index contributed by atoms with van der Waals surface area (Å²) >= 11 is 0. The van der Waals surface area contributed by atoms with E-state index in [4.69, 9.17) is 14.2 Å². The number of fused-ring (bicyclic) bond motifs is 2. The summed E-state index contributed by atoms with van der Waals surface area (Å²) in [5, 5.41) is 0. The summed E-state index contributed by atoms with van der Waals surface area (Å²) in [5.74, 6) is 2.18. The molecule has 1 heterocycles. The second kappa shape index (κ2) is 15.9. The summed E-state index contributed by atoms with van der Waals surface area (Å²) in [5.41, 5.74) is 5.02. The van der Waals surface area contributed by atoms with Gasteiger partial charge in [-0.2, -0.15) is 0 Å². The van der Waals surface area contributed by atoms with Gasteiger partial charge in [0.15, 0.2) is 11.9 Å². The Morgan fingerprint density at radius 3 is 2.04 bits per heavy atom. The van der Waals surface area contributed by atoms with Gasteiger partial charge in [0, 0.05) is 35.6 Å². The third-order valence-electron chi connectivity index (χ3n) is 11.4. The number of carbonyl (C=O) groups excluding carboxylic acids is 1. The van der Waals surface area contributed by atoms with Crippen molar-refractivity contribution in [3.05, 3.63) is 137 Å². The minimum Gasteiger partial charge on any atom is -0.473 e. The summed E-state index contributed by atoms with van der Waals surface area (Å²) in [6, 6.07) is 38.3. The number of hydrogen-bond acceptors (Lipinski definition) is 4. The van der Waals surface area contributed by atoms with Crippen LogP contribution in [0.4, 0.5) is 0 Å². The molecule has 0 bridgehead atoms. The van der Waals surface area contributed by atoms with Crippen molar-refractivity contribution in [1.29, 1.82) is 0 Å². The van der Waals surface area contributed by atoms with Crippen LogP contribution in [-0.2, 0) is 32.7 Å². The van der Waals surface area contributed by atoms with Crippen LogP contribution in [-0.4, -0.2) is 24.8 Å². The lowest BCUT2D eigenvalue weighted by atomic mass is 9.73. The Hall–Kier alpha value is -3.73. The number of Topliss-reactive ketones (excluding diaryl/α,β-unsaturated/α-hetero) is 1. The van der Waals surface area contributed by atoms with Gasteiger partial charge in [0.2, 0.25) is 0 Å². The van der Waals surface area contributed by atoms with E-state index >= 15 is 0 Å². The van der Waals surface area contributed by atoms with Gasteiger partial charge in [0.1, 0.15) is 11.5 Å². The molecule has 0 radical (unpaired) electrons. The van der Waals surface area contributed by atoms with Crippen LogP contribution in [0, 0.1) is 17.8 Å². The van der Waals surface area contributed by atoms with E-state index in [-0.39, 0.29) is 18.3 Å². The summed E-state index contributed by atoms with van der Waals surface area (Å²) in [6.45, 7) is 3.05. The predicted octanol–water partition coefficient (Wildman–Crippen LogP) is 10.2. The van der Waals surface area contributed by atoms with Gasteiger partial charge in [0.25, 0.3) is 0 Å². The van der Waals surface area contributed by atoms with E-state index in [2.05, 4.69) is 116 Å². The number of carbonyl (C=O) groups is 1. The van der Waals surface area contributed by atoms with Gasteiger partial charge in [0.05, 0.1) is 6.10 Å². The molecule has 7 rings (SSSR count). The number of unbranched alkanes of at least 4 members (excludes halogenated alkanes) is 2. The normalized spacial score (nSPS) is 22.7. The highest BCUT2D eigenvalue weighted by Crippen LogP contribution is 2.49. The summed E-state index contributed by atoms with van der Waals surface area (Å²) in [7, 11) is 0. The molecule has 4 heteroatoms. The van der Waals surface area contributed by atoms with Gasteiger partial charge >= 0.3 is 0 Å². The number of rotatable bonds is 14. The maximum atomic E-state index is 13.7. The highest BCUT2D eigenvalue weighted by Gasteiger charge is 2.46. The van der Waals surface area contributed by atoms with Gasteiger partial charge in [-0.25, -0.2) is 0 Å². The first-order valence-corrected chi connectivity index (χ1v) is 18.9. The van der Waals surface area contributed by atoms with Crippen molar-refractivity contribution < 1.29 is 19.0 Å². The summed E-state index contributed by atoms with van der Waals surface area (Å²) < 4.78 is 20.0. The molecule has 4 aromatic rings. The fourth-order valence-corrected chi connectivity index (χ4v) is 8.84. The Labute approximate surface area is 293 Å². The van der Waals surface area contributed by atoms with Crippen molar-refractivity contribution in [3.8, 4) is 5.75 Å². The first-order valence-electron chi connectivity index (χ1n) is 18.9. The van der Waals surface area contributed by atoms with Crippen molar-refractivity contribution in [2.45, 2.75) is 102 Å². The molecule has 49 heavy (non-hydrogen) atoms. The molecule has 2 fully saturated rings. The SMILES string of the molecule is CCCCC[C@@H](CCC1C(=O)C[C@@H]2Cc3c(cccc3OC(c3ccccc3)(c3ccccc3)c3ccccc3)C[C@H]12)OC1CCCCO1. The molecule has 2 unspecified atom stereocenters. The topological polar surface area (TPSA) is 44.8 Å². The van der Waals surface area contributed by atoms with E-state index in [0.717, 1.165) is 74.0 Å². The monoisotopic (exact) mass is 656 g/mol. The molecular weight excluding hydrogens is 604 g/mol. The van der Waals surface area contributed by atoms with Crippen LogP contribution in [0.2, 0.25) is 0 Å². The van der Waals surface area contributed by atoms with Crippen molar-refractivity contribution in [3.63, 3.8) is 0 Å². The quantitative estimate of drug-likeness (QED) is 0.100. The zero-order valence-corrected chi connectivity index (χ0v) is 29.1. The van der Waals surface area contributed by atoms with E-state index < -0.39 is 5.60 Å². The Bertz CT molecular complexity index is 1530. The molecule has 3 aliphatic rings. The van der Waals surface area contributed by atoms with Crippen molar-refractivity contribution in [2.75, 3.05) is 6.61 Å². The van der Waals surface area contributed by atoms with Crippen LogP contribution in [0.5, 0.6) is 5.75 Å². The van der Waals surface area contributed by atoms with Crippen LogP contribution in [0.3, 0.4) is 0 Å². The molecule has 0 spiro atoms. The highest BCUT2D eigenvalue weighted by molar-refractivity contribution is 5.84. The molecule has 5 atom stereocenters. The maximum absolute atomic E-state index is 13.7. The Morgan fingerprint density at radius 1 is 0.755 bits per heavy atom. The zero-order valence-electron chi connectivity index (χ0n) is 29.1. The Morgan fingerprint density at radius 2 is 1.43 bits per heavy atom. The third-order valence-corrected chi connectivity index (χ3v) is 11.4. The molecule has 4 aromatic carbocycles. The van der Waals surface area contributed by atoms with Gasteiger partial charge in [-0.05, 0) is 80.4 Å². The lowest BCUT2D eigenvalue weighted by molar-refractivity contribution is -0.191. The molecular formula is C45H52O4. The van der Waals surface area contributed by atoms with Gasteiger partial charge in [-0.15, -0.1) is 0 Å². The summed E-state index contributed by atoms with van der Waals surface area (Å²) in [4.78, 5) is 13.7. The summed E-state index contributed by atoms with van der Waals surface area (Å²) in [6.07, 6.45) is 12.3. The molecule has 2 aliphatic carbocycles. The van der Waals surface area contributed by atoms with E-state index in [1.165, 1.54) is 36.8 Å². The number of benzene rings is 4. The Kier molecular flexibility index (Phi) is 10.9. The van der Waals surface area contributed by atoms with Gasteiger partial charge in [-0.1, -0.05) is 129 Å². The first-order chi connectivity index (χ1) is 24.2. The Balaban J connectivity index is 1.15. The molecule has 0 aromatic heterocycles. The maximum Gasteiger partial charge on any atom is 0.184 e. The average Bonchev–Trinajstić information content (AvgIpc) is 3.46. The lowest BCUT2D eigenvalue weighted by Crippen LogP contribution is -2.37. The van der Waals surface area contributed by atoms with Crippen molar-refractivity contribution >= 4 is 5.78 Å². The van der Waals surface area contributed by atoms with Crippen LogP contribution < -0.4 is 4.74 Å². The van der Waals surface area contributed by atoms with E-state index in [1.54, 1.807) is 0 Å². The minimum atomic E-state index is -0.835. The molecule has 4 nitrogen and oxygen atoms in total. The van der Waals surface area contributed by atoms with Crippen LogP contribution in [0.15, 0.2) is 109 Å². The zero-order chi connectivity index (χ0) is 33.5. The lowest BCUT2D eigenvalue weighted by Gasteiger charge is -2.38. The molecule has 1 saturated heterocycles. The second-order valence-electron chi connectivity index (χ2n) is 14.5. The smallest absolute Gasteiger partial charge is 0.184 e. The van der Waals surface area contributed by atoms with Crippen LogP contribution in [0.1, 0.15) is 98.9 Å². The molecule has 0 amide bonds. The molecule has 1 aliphatic heterocycles. The largest absolute Gasteiger partial charge is 0.473 e. The first kappa shape index (κ1) is 33.8. The highest BCUT2D eigenvalue weighted by atomic mass is 16.7. The van der Waals surface area contributed by atoms with E-state index in [0.29, 0.717) is 24.0 Å². The number of hydrogen-bond donors (Lipinski definition) is 0.